The number of ether oxygens (including phenoxy) is 2. The molecule has 5 aromatic rings. The van der Waals surface area contributed by atoms with Crippen molar-refractivity contribution in [3.05, 3.63) is 90.0 Å². The van der Waals surface area contributed by atoms with Gasteiger partial charge in [-0.25, -0.2) is 9.78 Å². The van der Waals surface area contributed by atoms with E-state index < -0.39 is 0 Å². The van der Waals surface area contributed by atoms with E-state index in [1.165, 1.54) is 7.11 Å². The molecule has 0 atom stereocenters. The molecule has 9 nitrogen and oxygen atoms in total. The van der Waals surface area contributed by atoms with E-state index >= 15 is 0 Å². The van der Waals surface area contributed by atoms with Crippen LogP contribution in [-0.4, -0.2) is 44.8 Å². The van der Waals surface area contributed by atoms with Gasteiger partial charge >= 0.3 is 5.97 Å². The van der Waals surface area contributed by atoms with Crippen molar-refractivity contribution in [2.24, 2.45) is 0 Å². The fourth-order valence-corrected chi connectivity index (χ4v) is 4.05. The third-order valence-electron chi connectivity index (χ3n) is 5.81. The fraction of sp³-hybridized carbons (Fsp3) is 0.185. The van der Waals surface area contributed by atoms with Crippen molar-refractivity contribution < 1.29 is 19.1 Å². The highest BCUT2D eigenvalue weighted by Crippen LogP contribution is 2.25. The largest absolute Gasteiger partial charge is 0.493 e. The second-order valence-electron chi connectivity index (χ2n) is 8.27. The Kier molecular flexibility index (Phi) is 6.36. The number of hydrogen-bond donors (Lipinski definition) is 1. The predicted molar refractivity (Wildman–Crippen MR) is 136 cm³/mol. The van der Waals surface area contributed by atoms with Gasteiger partial charge in [0.25, 0.3) is 5.91 Å². The maximum atomic E-state index is 13.1. The molecule has 0 bridgehead atoms. The molecule has 0 fully saturated rings. The average Bonchev–Trinajstić information content (AvgIpc) is 3.52. The number of benzene rings is 2. The molecule has 5 rings (SSSR count). The van der Waals surface area contributed by atoms with Crippen LogP contribution in [-0.2, 0) is 11.3 Å². The lowest BCUT2D eigenvalue weighted by Crippen LogP contribution is -2.14. The molecule has 1 N–H and O–H groups in total. The van der Waals surface area contributed by atoms with E-state index in [-0.39, 0.29) is 11.9 Å². The summed E-state index contributed by atoms with van der Waals surface area (Å²) in [5.74, 6) is 0.0521. The van der Waals surface area contributed by atoms with Crippen LogP contribution in [0.3, 0.4) is 0 Å². The minimum absolute atomic E-state index is 0.282. The quantitative estimate of drug-likeness (QED) is 0.325. The molecule has 3 heterocycles. The van der Waals surface area contributed by atoms with Crippen LogP contribution in [0.4, 0.5) is 5.69 Å². The van der Waals surface area contributed by atoms with Gasteiger partial charge < -0.3 is 14.8 Å². The van der Waals surface area contributed by atoms with Gasteiger partial charge in [-0.2, -0.15) is 5.10 Å². The molecule has 0 saturated heterocycles. The number of carbonyl (C=O) groups is 2. The van der Waals surface area contributed by atoms with Crippen LogP contribution in [0.25, 0.3) is 16.6 Å². The third kappa shape index (κ3) is 4.50. The number of anilines is 1. The molecule has 0 spiro atoms. The highest BCUT2D eigenvalue weighted by Gasteiger charge is 2.16. The zero-order valence-electron chi connectivity index (χ0n) is 20.0. The monoisotopic (exact) mass is 483 g/mol. The summed E-state index contributed by atoms with van der Waals surface area (Å²) in [4.78, 5) is 29.4. The molecule has 1 amide bonds. The van der Waals surface area contributed by atoms with Crippen LogP contribution in [0.5, 0.6) is 5.75 Å². The van der Waals surface area contributed by atoms with Crippen LogP contribution in [0, 0.1) is 0 Å². The zero-order valence-corrected chi connectivity index (χ0v) is 20.0. The Hall–Kier alpha value is -4.66. The zero-order chi connectivity index (χ0) is 25.1. The Balaban J connectivity index is 1.38. The summed E-state index contributed by atoms with van der Waals surface area (Å²) in [6.07, 6.45) is 5.96. The maximum absolute atomic E-state index is 13.1. The van der Waals surface area contributed by atoms with Crippen LogP contribution >= 0.6 is 0 Å². The van der Waals surface area contributed by atoms with E-state index in [0.717, 1.165) is 28.6 Å². The first-order valence-corrected chi connectivity index (χ1v) is 11.6. The minimum atomic E-state index is -0.385. The van der Waals surface area contributed by atoms with Gasteiger partial charge in [0, 0.05) is 17.6 Å². The summed E-state index contributed by atoms with van der Waals surface area (Å²) < 4.78 is 14.0. The standard InChI is InChI=1S/C27H25N5O4/c1-3-12-36-20-10-11-31-24(16-28-25(31)14-20)26(33)30-22-8-5-9-23-21(22)15-29-32(23)17-18-6-4-7-19(13-18)27(34)35-2/h4-11,13-16H,3,12,17H2,1-2H3,(H,30,33). The normalized spacial score (nSPS) is 11.1. The fourth-order valence-electron chi connectivity index (χ4n) is 4.05. The van der Waals surface area contributed by atoms with E-state index in [0.29, 0.717) is 35.7 Å². The Bertz CT molecular complexity index is 1570. The Labute approximate surface area is 207 Å². The second kappa shape index (κ2) is 9.91. The second-order valence-corrected chi connectivity index (χ2v) is 8.27. The van der Waals surface area contributed by atoms with Gasteiger partial charge in [0.15, 0.2) is 0 Å². The summed E-state index contributed by atoms with van der Waals surface area (Å²) in [6.45, 7) is 3.13. The number of esters is 1. The van der Waals surface area contributed by atoms with Gasteiger partial charge in [0.2, 0.25) is 0 Å². The lowest BCUT2D eigenvalue weighted by Gasteiger charge is -2.09. The van der Waals surface area contributed by atoms with E-state index in [4.69, 9.17) is 9.47 Å². The number of methoxy groups -OCH3 is 1. The van der Waals surface area contributed by atoms with Crippen LogP contribution in [0.15, 0.2) is 73.2 Å². The van der Waals surface area contributed by atoms with Crippen LogP contribution in [0.1, 0.15) is 39.8 Å². The summed E-state index contributed by atoms with van der Waals surface area (Å²) >= 11 is 0. The van der Waals surface area contributed by atoms with Crippen LogP contribution < -0.4 is 10.1 Å². The predicted octanol–water partition coefficient (Wildman–Crippen LogP) is 4.56. The number of nitrogens with zero attached hydrogens (tertiary/aromatic N) is 4. The topological polar surface area (TPSA) is 99.8 Å². The molecular weight excluding hydrogens is 458 g/mol. The number of aromatic nitrogens is 4. The summed E-state index contributed by atoms with van der Waals surface area (Å²) in [7, 11) is 1.36. The molecule has 182 valence electrons. The SMILES string of the molecule is CCCOc1ccn2c(C(=O)Nc3cccc4c3cnn4Cc3cccc(C(=O)OC)c3)cnc2c1. The van der Waals surface area contributed by atoms with Crippen molar-refractivity contribution in [1.82, 2.24) is 19.2 Å². The highest BCUT2D eigenvalue weighted by molar-refractivity contribution is 6.08. The first-order chi connectivity index (χ1) is 17.6. The summed E-state index contributed by atoms with van der Waals surface area (Å²) in [5.41, 5.74) is 3.93. The molecule has 0 radical (unpaired) electrons. The van der Waals surface area contributed by atoms with Crippen molar-refractivity contribution in [2.75, 3.05) is 19.0 Å². The van der Waals surface area contributed by atoms with Gasteiger partial charge in [-0.3, -0.25) is 13.9 Å². The van der Waals surface area contributed by atoms with Crippen LogP contribution in [0.2, 0.25) is 0 Å². The number of nitrogens with one attached hydrogen (secondary N) is 1. The van der Waals surface area contributed by atoms with E-state index in [1.54, 1.807) is 35.1 Å². The molecule has 36 heavy (non-hydrogen) atoms. The Morgan fingerprint density at radius 2 is 1.92 bits per heavy atom. The number of fused-ring (bicyclic) bond motifs is 2. The first-order valence-electron chi connectivity index (χ1n) is 11.6. The molecule has 0 saturated carbocycles. The average molecular weight is 484 g/mol. The number of amides is 1. The van der Waals surface area contributed by atoms with E-state index in [9.17, 15) is 9.59 Å². The van der Waals surface area contributed by atoms with Gasteiger partial charge in [-0.1, -0.05) is 25.1 Å². The van der Waals surface area contributed by atoms with Crippen molar-refractivity contribution >= 4 is 34.1 Å². The Morgan fingerprint density at radius 1 is 1.06 bits per heavy atom. The molecule has 0 aliphatic carbocycles. The highest BCUT2D eigenvalue weighted by atomic mass is 16.5. The van der Waals surface area contributed by atoms with Crippen molar-refractivity contribution in [3.63, 3.8) is 0 Å². The molecule has 3 aromatic heterocycles. The van der Waals surface area contributed by atoms with Gasteiger partial charge in [0.05, 0.1) is 49.4 Å². The summed E-state index contributed by atoms with van der Waals surface area (Å²) in [6, 6.07) is 16.5. The van der Waals surface area contributed by atoms with Crippen molar-refractivity contribution in [1.29, 1.82) is 0 Å². The number of hydrogen-bond acceptors (Lipinski definition) is 6. The lowest BCUT2D eigenvalue weighted by atomic mass is 10.1. The van der Waals surface area contributed by atoms with Gasteiger partial charge in [-0.15, -0.1) is 0 Å². The summed E-state index contributed by atoms with van der Waals surface area (Å²) in [5, 5.41) is 8.31. The van der Waals surface area contributed by atoms with Gasteiger partial charge in [0.1, 0.15) is 17.1 Å². The van der Waals surface area contributed by atoms with Crippen molar-refractivity contribution in [2.45, 2.75) is 19.9 Å². The smallest absolute Gasteiger partial charge is 0.337 e. The first kappa shape index (κ1) is 23.1. The lowest BCUT2D eigenvalue weighted by molar-refractivity contribution is 0.0600. The molecule has 9 heteroatoms. The maximum Gasteiger partial charge on any atom is 0.337 e. The van der Waals surface area contributed by atoms with Crippen molar-refractivity contribution in [3.8, 4) is 5.75 Å². The number of carbonyl (C=O) groups excluding carboxylic acids is 2. The third-order valence-corrected chi connectivity index (χ3v) is 5.81. The number of pyridine rings is 1. The molecular formula is C27H25N5O4. The molecule has 0 aliphatic rings. The molecule has 2 aromatic carbocycles. The van der Waals surface area contributed by atoms with E-state index in [1.807, 2.05) is 54.1 Å². The molecule has 0 unspecified atom stereocenters. The molecule has 0 aliphatic heterocycles. The Morgan fingerprint density at radius 3 is 2.75 bits per heavy atom. The van der Waals surface area contributed by atoms with Gasteiger partial charge in [-0.05, 0) is 42.3 Å². The van der Waals surface area contributed by atoms with E-state index in [2.05, 4.69) is 15.4 Å². The minimum Gasteiger partial charge on any atom is -0.493 e. The number of rotatable bonds is 8. The number of imidazole rings is 1.